The standard InChI is InChI=1S/C19H17N3O4S/c1-11-16(19(27-2)22-17(21-11)14-4-3-7-24-14)18(23)20-9-12-5-6-13-15(8-12)26-10-25-13/h3-8H,9-10H2,1-2H3,(H,20,23). The van der Waals surface area contributed by atoms with Crippen LogP contribution in [0.4, 0.5) is 0 Å². The highest BCUT2D eigenvalue weighted by atomic mass is 32.2. The van der Waals surface area contributed by atoms with Crippen molar-refractivity contribution < 1.29 is 18.7 Å². The van der Waals surface area contributed by atoms with Gasteiger partial charge in [0.2, 0.25) is 6.79 Å². The molecule has 0 saturated heterocycles. The Hall–Kier alpha value is -3.00. The first-order valence-electron chi connectivity index (χ1n) is 8.29. The largest absolute Gasteiger partial charge is 0.461 e. The molecule has 0 saturated carbocycles. The van der Waals surface area contributed by atoms with Gasteiger partial charge in [0.1, 0.15) is 5.03 Å². The van der Waals surface area contributed by atoms with E-state index in [1.54, 1.807) is 25.3 Å². The summed E-state index contributed by atoms with van der Waals surface area (Å²) in [5, 5.41) is 3.53. The fraction of sp³-hybridized carbons (Fsp3) is 0.211. The monoisotopic (exact) mass is 383 g/mol. The van der Waals surface area contributed by atoms with Crippen LogP contribution in [0.3, 0.4) is 0 Å². The molecular formula is C19H17N3O4S. The minimum Gasteiger partial charge on any atom is -0.461 e. The molecular weight excluding hydrogens is 366 g/mol. The van der Waals surface area contributed by atoms with Crippen LogP contribution in [0, 0.1) is 6.92 Å². The van der Waals surface area contributed by atoms with E-state index < -0.39 is 0 Å². The summed E-state index contributed by atoms with van der Waals surface area (Å²) in [6, 6.07) is 9.16. The van der Waals surface area contributed by atoms with E-state index in [0.717, 1.165) is 5.56 Å². The van der Waals surface area contributed by atoms with Crippen LogP contribution in [0.25, 0.3) is 11.6 Å². The molecule has 8 heteroatoms. The van der Waals surface area contributed by atoms with Gasteiger partial charge in [0.25, 0.3) is 5.91 Å². The topological polar surface area (TPSA) is 86.5 Å². The minimum atomic E-state index is -0.222. The number of fused-ring (bicyclic) bond motifs is 1. The molecule has 1 N–H and O–H groups in total. The Balaban J connectivity index is 1.54. The van der Waals surface area contributed by atoms with Crippen LogP contribution in [0.5, 0.6) is 11.5 Å². The molecule has 7 nitrogen and oxygen atoms in total. The summed E-state index contributed by atoms with van der Waals surface area (Å²) in [4.78, 5) is 21.7. The van der Waals surface area contributed by atoms with Crippen LogP contribution in [-0.2, 0) is 6.54 Å². The number of amides is 1. The quantitative estimate of drug-likeness (QED) is 0.533. The molecule has 0 radical (unpaired) electrons. The molecule has 1 aliphatic rings. The molecule has 138 valence electrons. The SMILES string of the molecule is CSc1nc(-c2ccco2)nc(C)c1C(=O)NCc1ccc2c(c1)OCO2. The Bertz CT molecular complexity index is 989. The zero-order valence-electron chi connectivity index (χ0n) is 14.8. The predicted octanol–water partition coefficient (Wildman–Crippen LogP) is 3.43. The van der Waals surface area contributed by atoms with Crippen molar-refractivity contribution in [1.82, 2.24) is 15.3 Å². The fourth-order valence-corrected chi connectivity index (χ4v) is 3.42. The number of aryl methyl sites for hydroxylation is 1. The molecule has 4 rings (SSSR count). The number of carbonyl (C=O) groups is 1. The first-order valence-corrected chi connectivity index (χ1v) is 9.51. The second kappa shape index (κ2) is 7.32. The van der Waals surface area contributed by atoms with Gasteiger partial charge in [0.05, 0.1) is 17.5 Å². The Morgan fingerprint density at radius 1 is 1.22 bits per heavy atom. The number of hydrogen-bond acceptors (Lipinski definition) is 7. The van der Waals surface area contributed by atoms with E-state index in [0.29, 0.717) is 45.9 Å². The molecule has 1 aromatic carbocycles. The van der Waals surface area contributed by atoms with E-state index in [-0.39, 0.29) is 12.7 Å². The minimum absolute atomic E-state index is 0.222. The number of nitrogens with zero attached hydrogens (tertiary/aromatic N) is 2. The third-order valence-corrected chi connectivity index (χ3v) is 4.79. The number of nitrogens with one attached hydrogen (secondary N) is 1. The summed E-state index contributed by atoms with van der Waals surface area (Å²) in [5.74, 6) is 2.22. The lowest BCUT2D eigenvalue weighted by atomic mass is 10.2. The molecule has 0 fully saturated rings. The normalized spacial score (nSPS) is 12.2. The maximum Gasteiger partial charge on any atom is 0.256 e. The van der Waals surface area contributed by atoms with Crippen molar-refractivity contribution in [2.45, 2.75) is 18.5 Å². The molecule has 27 heavy (non-hydrogen) atoms. The summed E-state index contributed by atoms with van der Waals surface area (Å²) in [6.07, 6.45) is 3.45. The van der Waals surface area contributed by atoms with Crippen molar-refractivity contribution >= 4 is 17.7 Å². The number of furan rings is 1. The van der Waals surface area contributed by atoms with Crippen LogP contribution in [0.15, 0.2) is 46.0 Å². The van der Waals surface area contributed by atoms with E-state index in [1.165, 1.54) is 11.8 Å². The highest BCUT2D eigenvalue weighted by Crippen LogP contribution is 2.32. The molecule has 0 aliphatic carbocycles. The lowest BCUT2D eigenvalue weighted by Gasteiger charge is -2.12. The number of hydrogen-bond donors (Lipinski definition) is 1. The average Bonchev–Trinajstić information content (AvgIpc) is 3.36. The van der Waals surface area contributed by atoms with E-state index in [2.05, 4.69) is 15.3 Å². The number of carbonyl (C=O) groups excluding carboxylic acids is 1. The van der Waals surface area contributed by atoms with Crippen LogP contribution in [0.1, 0.15) is 21.6 Å². The third kappa shape index (κ3) is 3.48. The summed E-state index contributed by atoms with van der Waals surface area (Å²) in [7, 11) is 0. The van der Waals surface area contributed by atoms with Crippen molar-refractivity contribution in [1.29, 1.82) is 0 Å². The van der Waals surface area contributed by atoms with Crippen LogP contribution in [-0.4, -0.2) is 28.9 Å². The number of rotatable bonds is 5. The Morgan fingerprint density at radius 3 is 2.85 bits per heavy atom. The molecule has 0 spiro atoms. The first-order chi connectivity index (χ1) is 13.2. The van der Waals surface area contributed by atoms with E-state index in [4.69, 9.17) is 13.9 Å². The zero-order chi connectivity index (χ0) is 18.8. The number of benzene rings is 1. The molecule has 0 bridgehead atoms. The summed E-state index contributed by atoms with van der Waals surface area (Å²) < 4.78 is 16.0. The van der Waals surface area contributed by atoms with Crippen LogP contribution in [0.2, 0.25) is 0 Å². The second-order valence-corrected chi connectivity index (χ2v) is 6.66. The van der Waals surface area contributed by atoms with Gasteiger partial charge in [-0.1, -0.05) is 6.07 Å². The van der Waals surface area contributed by atoms with E-state index in [9.17, 15) is 4.79 Å². The van der Waals surface area contributed by atoms with Gasteiger partial charge in [-0.15, -0.1) is 11.8 Å². The summed E-state index contributed by atoms with van der Waals surface area (Å²) >= 11 is 1.40. The number of aromatic nitrogens is 2. The first kappa shape index (κ1) is 17.4. The van der Waals surface area contributed by atoms with Gasteiger partial charge in [0, 0.05) is 6.54 Å². The maximum atomic E-state index is 12.8. The highest BCUT2D eigenvalue weighted by molar-refractivity contribution is 7.98. The molecule has 1 aliphatic heterocycles. The van der Waals surface area contributed by atoms with Crippen molar-refractivity contribution in [3.8, 4) is 23.1 Å². The lowest BCUT2D eigenvalue weighted by Crippen LogP contribution is -2.25. The number of ether oxygens (including phenoxy) is 2. The summed E-state index contributed by atoms with van der Waals surface area (Å²) in [5.41, 5.74) is 1.99. The van der Waals surface area contributed by atoms with Crippen LogP contribution >= 0.6 is 11.8 Å². The van der Waals surface area contributed by atoms with Crippen molar-refractivity contribution in [2.24, 2.45) is 0 Å². The molecule has 3 aromatic rings. The third-order valence-electron chi connectivity index (χ3n) is 4.11. The van der Waals surface area contributed by atoms with Crippen molar-refractivity contribution in [3.63, 3.8) is 0 Å². The highest BCUT2D eigenvalue weighted by Gasteiger charge is 2.20. The Kier molecular flexibility index (Phi) is 4.72. The van der Waals surface area contributed by atoms with Gasteiger partial charge >= 0.3 is 0 Å². The molecule has 0 unspecified atom stereocenters. The zero-order valence-corrected chi connectivity index (χ0v) is 15.6. The van der Waals surface area contributed by atoms with Gasteiger partial charge in [0.15, 0.2) is 23.1 Å². The molecule has 0 atom stereocenters. The van der Waals surface area contributed by atoms with Crippen LogP contribution < -0.4 is 14.8 Å². The van der Waals surface area contributed by atoms with Gasteiger partial charge < -0.3 is 19.2 Å². The van der Waals surface area contributed by atoms with Crippen molar-refractivity contribution in [3.05, 3.63) is 53.4 Å². The fourth-order valence-electron chi connectivity index (χ4n) is 2.79. The Labute approximate surface area is 160 Å². The van der Waals surface area contributed by atoms with Gasteiger partial charge in [-0.2, -0.15) is 0 Å². The summed E-state index contributed by atoms with van der Waals surface area (Å²) in [6.45, 7) is 2.38. The average molecular weight is 383 g/mol. The van der Waals surface area contributed by atoms with Gasteiger partial charge in [-0.05, 0) is 43.0 Å². The van der Waals surface area contributed by atoms with Gasteiger partial charge in [-0.25, -0.2) is 9.97 Å². The maximum absolute atomic E-state index is 12.8. The molecule has 1 amide bonds. The van der Waals surface area contributed by atoms with E-state index in [1.807, 2.05) is 24.5 Å². The van der Waals surface area contributed by atoms with Gasteiger partial charge in [-0.3, -0.25) is 4.79 Å². The molecule has 3 heterocycles. The van der Waals surface area contributed by atoms with Crippen molar-refractivity contribution in [2.75, 3.05) is 13.0 Å². The number of thioether (sulfide) groups is 1. The lowest BCUT2D eigenvalue weighted by molar-refractivity contribution is 0.0946. The Morgan fingerprint density at radius 2 is 2.07 bits per heavy atom. The smallest absolute Gasteiger partial charge is 0.256 e. The van der Waals surface area contributed by atoms with E-state index >= 15 is 0 Å². The predicted molar refractivity (Wildman–Crippen MR) is 100.0 cm³/mol. The molecule has 2 aromatic heterocycles. The second-order valence-electron chi connectivity index (χ2n) is 5.86.